The Kier molecular flexibility index (Phi) is 5.97. The number of ether oxygens (including phenoxy) is 1. The molecule has 0 aromatic heterocycles. The second-order valence-corrected chi connectivity index (χ2v) is 6.41. The number of nitrogens with one attached hydrogen (secondary N) is 2. The molecule has 0 fully saturated rings. The van der Waals surface area contributed by atoms with E-state index in [1.165, 1.54) is 13.1 Å². The Hall–Kier alpha value is -2.80. The van der Waals surface area contributed by atoms with E-state index in [0.717, 1.165) is 11.0 Å². The largest absolute Gasteiger partial charge is 0.484 e. The number of amides is 1. The summed E-state index contributed by atoms with van der Waals surface area (Å²) in [6.45, 7) is -0.0958. The SMILES string of the molecule is CNC(=O)COc1ccc(NS(=O)(=O)/C=C\c2ccccc2)cc1. The number of carbonyl (C=O) groups is 1. The first-order valence-corrected chi connectivity index (χ1v) is 8.72. The van der Waals surface area contributed by atoms with Gasteiger partial charge in [0, 0.05) is 12.7 Å². The van der Waals surface area contributed by atoms with Crippen molar-refractivity contribution < 1.29 is 17.9 Å². The van der Waals surface area contributed by atoms with Crippen LogP contribution in [0.25, 0.3) is 6.08 Å². The van der Waals surface area contributed by atoms with Gasteiger partial charge in [-0.3, -0.25) is 9.52 Å². The fourth-order valence-electron chi connectivity index (χ4n) is 1.77. The van der Waals surface area contributed by atoms with E-state index < -0.39 is 10.0 Å². The lowest BCUT2D eigenvalue weighted by Crippen LogP contribution is -2.24. The van der Waals surface area contributed by atoms with E-state index in [-0.39, 0.29) is 12.5 Å². The number of rotatable bonds is 7. The Morgan fingerprint density at radius 3 is 2.38 bits per heavy atom. The third-order valence-electron chi connectivity index (χ3n) is 3.00. The first-order valence-electron chi connectivity index (χ1n) is 7.18. The molecule has 0 saturated heterocycles. The van der Waals surface area contributed by atoms with Gasteiger partial charge in [-0.25, -0.2) is 8.42 Å². The predicted molar refractivity (Wildman–Crippen MR) is 94.0 cm³/mol. The summed E-state index contributed by atoms with van der Waals surface area (Å²) in [4.78, 5) is 11.1. The minimum Gasteiger partial charge on any atom is -0.484 e. The zero-order valence-corrected chi connectivity index (χ0v) is 13.9. The van der Waals surface area contributed by atoms with Crippen molar-refractivity contribution in [3.8, 4) is 5.75 Å². The molecule has 2 rings (SSSR count). The molecule has 7 heteroatoms. The molecule has 2 aromatic rings. The maximum absolute atomic E-state index is 12.0. The lowest BCUT2D eigenvalue weighted by molar-refractivity contribution is -0.122. The predicted octanol–water partition coefficient (Wildman–Crippen LogP) is 2.22. The highest BCUT2D eigenvalue weighted by Gasteiger charge is 2.06. The van der Waals surface area contributed by atoms with Gasteiger partial charge in [0.2, 0.25) is 0 Å². The summed E-state index contributed by atoms with van der Waals surface area (Å²) in [5.41, 5.74) is 1.20. The highest BCUT2D eigenvalue weighted by Crippen LogP contribution is 2.17. The van der Waals surface area contributed by atoms with Gasteiger partial charge in [0.15, 0.2) is 6.61 Å². The number of anilines is 1. The molecule has 0 saturated carbocycles. The van der Waals surface area contributed by atoms with Gasteiger partial charge in [-0.15, -0.1) is 0 Å². The Bertz CT molecular complexity index is 800. The summed E-state index contributed by atoms with van der Waals surface area (Å²) in [7, 11) is -2.09. The van der Waals surface area contributed by atoms with Crippen molar-refractivity contribution in [2.24, 2.45) is 0 Å². The van der Waals surface area contributed by atoms with Crippen LogP contribution in [-0.4, -0.2) is 28.0 Å². The van der Waals surface area contributed by atoms with Crippen LogP contribution in [0.2, 0.25) is 0 Å². The average Bonchev–Trinajstić information content (AvgIpc) is 2.60. The Balaban J connectivity index is 1.97. The van der Waals surface area contributed by atoms with Gasteiger partial charge in [-0.05, 0) is 35.9 Å². The molecular weight excluding hydrogens is 328 g/mol. The number of likely N-dealkylation sites (N-methyl/N-ethyl adjacent to an activating group) is 1. The van der Waals surface area contributed by atoms with Crippen LogP contribution in [0.5, 0.6) is 5.75 Å². The normalized spacial score (nSPS) is 11.2. The molecule has 2 N–H and O–H groups in total. The fraction of sp³-hybridized carbons (Fsp3) is 0.118. The van der Waals surface area contributed by atoms with E-state index in [1.807, 2.05) is 30.3 Å². The van der Waals surface area contributed by atoms with Gasteiger partial charge in [0.25, 0.3) is 15.9 Å². The molecule has 0 heterocycles. The van der Waals surface area contributed by atoms with Crippen molar-refractivity contribution in [2.75, 3.05) is 18.4 Å². The van der Waals surface area contributed by atoms with Gasteiger partial charge < -0.3 is 10.1 Å². The maximum atomic E-state index is 12.0. The van der Waals surface area contributed by atoms with Crippen LogP contribution >= 0.6 is 0 Å². The van der Waals surface area contributed by atoms with Gasteiger partial charge in [0.05, 0.1) is 5.41 Å². The lowest BCUT2D eigenvalue weighted by Gasteiger charge is -2.07. The monoisotopic (exact) mass is 346 g/mol. The van der Waals surface area contributed by atoms with Crippen LogP contribution in [0.3, 0.4) is 0 Å². The van der Waals surface area contributed by atoms with E-state index in [9.17, 15) is 13.2 Å². The molecule has 1 amide bonds. The van der Waals surface area contributed by atoms with Crippen LogP contribution < -0.4 is 14.8 Å². The first kappa shape index (κ1) is 17.6. The quantitative estimate of drug-likeness (QED) is 0.805. The van der Waals surface area contributed by atoms with E-state index in [2.05, 4.69) is 10.0 Å². The van der Waals surface area contributed by atoms with Gasteiger partial charge in [-0.2, -0.15) is 0 Å². The van der Waals surface area contributed by atoms with Gasteiger partial charge in [-0.1, -0.05) is 30.3 Å². The van der Waals surface area contributed by atoms with Crippen molar-refractivity contribution in [1.82, 2.24) is 5.32 Å². The van der Waals surface area contributed by atoms with Crippen LogP contribution in [0, 0.1) is 0 Å². The van der Waals surface area contributed by atoms with Crippen molar-refractivity contribution >= 4 is 27.7 Å². The van der Waals surface area contributed by atoms with Gasteiger partial charge in [0.1, 0.15) is 5.75 Å². The summed E-state index contributed by atoms with van der Waals surface area (Å²) in [5, 5.41) is 3.55. The number of benzene rings is 2. The zero-order chi connectivity index (χ0) is 17.4. The van der Waals surface area contributed by atoms with Gasteiger partial charge >= 0.3 is 0 Å². The fourth-order valence-corrected chi connectivity index (χ4v) is 2.64. The second-order valence-electron chi connectivity index (χ2n) is 4.85. The zero-order valence-electron chi connectivity index (χ0n) is 13.1. The molecule has 2 aromatic carbocycles. The highest BCUT2D eigenvalue weighted by molar-refractivity contribution is 7.95. The molecule has 0 unspecified atom stereocenters. The van der Waals surface area contributed by atoms with Crippen LogP contribution in [0.1, 0.15) is 5.56 Å². The molecule has 0 atom stereocenters. The number of hydrogen-bond donors (Lipinski definition) is 2. The summed E-state index contributed by atoms with van der Waals surface area (Å²) in [6.07, 6.45) is 1.52. The summed E-state index contributed by atoms with van der Waals surface area (Å²) < 4.78 is 31.7. The molecule has 24 heavy (non-hydrogen) atoms. The second kappa shape index (κ2) is 8.16. The molecule has 0 aliphatic carbocycles. The molecule has 0 aliphatic heterocycles. The van der Waals surface area contributed by atoms with Crippen LogP contribution in [0.15, 0.2) is 60.0 Å². The topological polar surface area (TPSA) is 84.5 Å². The number of carbonyl (C=O) groups excluding carboxylic acids is 1. The summed E-state index contributed by atoms with van der Waals surface area (Å²) in [5.74, 6) is 0.229. The molecule has 0 radical (unpaired) electrons. The Labute approximate surface area is 141 Å². The van der Waals surface area contributed by atoms with Crippen LogP contribution in [-0.2, 0) is 14.8 Å². The van der Waals surface area contributed by atoms with Crippen molar-refractivity contribution in [1.29, 1.82) is 0 Å². The third kappa shape index (κ3) is 5.77. The van der Waals surface area contributed by atoms with E-state index in [0.29, 0.717) is 11.4 Å². The van der Waals surface area contributed by atoms with Crippen molar-refractivity contribution in [3.05, 3.63) is 65.6 Å². The lowest BCUT2D eigenvalue weighted by atomic mass is 10.2. The van der Waals surface area contributed by atoms with Crippen LogP contribution in [0.4, 0.5) is 5.69 Å². The summed E-state index contributed by atoms with van der Waals surface area (Å²) in [6, 6.07) is 15.4. The smallest absolute Gasteiger partial charge is 0.257 e. The molecule has 6 nitrogen and oxygen atoms in total. The van der Waals surface area contributed by atoms with E-state index >= 15 is 0 Å². The standard InChI is InChI=1S/C17H18N2O4S/c1-18-17(20)13-23-16-9-7-15(8-10-16)19-24(21,22)12-11-14-5-3-2-4-6-14/h2-12,19H,13H2,1H3,(H,18,20)/b12-11-. The maximum Gasteiger partial charge on any atom is 0.257 e. The van der Waals surface area contributed by atoms with Crippen molar-refractivity contribution in [3.63, 3.8) is 0 Å². The molecule has 126 valence electrons. The Morgan fingerprint density at radius 1 is 1.08 bits per heavy atom. The Morgan fingerprint density at radius 2 is 1.75 bits per heavy atom. The number of sulfonamides is 1. The van der Waals surface area contributed by atoms with Crippen molar-refractivity contribution in [2.45, 2.75) is 0 Å². The average molecular weight is 346 g/mol. The van der Waals surface area contributed by atoms with E-state index in [1.54, 1.807) is 24.3 Å². The first-order chi connectivity index (χ1) is 11.5. The highest BCUT2D eigenvalue weighted by atomic mass is 32.2. The molecule has 0 aliphatic rings. The third-order valence-corrected chi connectivity index (χ3v) is 4.02. The number of hydrogen-bond acceptors (Lipinski definition) is 4. The summed E-state index contributed by atoms with van der Waals surface area (Å²) >= 11 is 0. The minimum absolute atomic E-state index is 0.0958. The molecular formula is C17H18N2O4S. The molecule has 0 spiro atoms. The molecule has 0 bridgehead atoms. The van der Waals surface area contributed by atoms with E-state index in [4.69, 9.17) is 4.74 Å². The minimum atomic E-state index is -3.61.